The van der Waals surface area contributed by atoms with Gasteiger partial charge in [-0.3, -0.25) is 0 Å². The maximum Gasteiger partial charge on any atom is 0.0178 e. The molecule has 0 heterocycles. The van der Waals surface area contributed by atoms with Gasteiger partial charge in [0.05, 0.1) is 0 Å². The molecule has 0 unspecified atom stereocenters. The highest BCUT2D eigenvalue weighted by Gasteiger charge is 2.50. The number of halogens is 1. The van der Waals surface area contributed by atoms with Gasteiger partial charge in [-0.2, -0.15) is 0 Å². The van der Waals surface area contributed by atoms with E-state index in [-0.39, 0.29) is 10.8 Å². The van der Waals surface area contributed by atoms with Gasteiger partial charge in [-0.1, -0.05) is 151 Å². The molecule has 33 heavy (non-hydrogen) atoms. The third kappa shape index (κ3) is 5.95. The molecule has 0 spiro atoms. The van der Waals surface area contributed by atoms with Gasteiger partial charge in [-0.25, -0.2) is 0 Å². The lowest BCUT2D eigenvalue weighted by molar-refractivity contribution is 0.199. The van der Waals surface area contributed by atoms with E-state index in [4.69, 9.17) is 0 Å². The number of rotatable bonds is 14. The number of hydrogen-bond donors (Lipinski definition) is 0. The lowest BCUT2D eigenvalue weighted by Gasteiger charge is -2.53. The Kier molecular flexibility index (Phi) is 10.1. The fourth-order valence-corrected chi connectivity index (χ4v) is 6.79. The fraction of sp³-hybridized carbons (Fsp3) is 0.625. The van der Waals surface area contributed by atoms with Crippen LogP contribution in [0.4, 0.5) is 0 Å². The van der Waals surface area contributed by atoms with E-state index in [9.17, 15) is 0 Å². The molecule has 2 aromatic rings. The molecule has 0 aliphatic heterocycles. The largest absolute Gasteiger partial charge is 0.0654 e. The van der Waals surface area contributed by atoms with Crippen LogP contribution in [0.25, 0.3) is 11.1 Å². The highest BCUT2D eigenvalue weighted by atomic mass is 79.9. The normalized spacial score (nSPS) is 15.8. The Morgan fingerprint density at radius 2 is 1.12 bits per heavy atom. The molecule has 0 saturated heterocycles. The second-order valence-corrected chi connectivity index (χ2v) is 11.9. The summed E-state index contributed by atoms with van der Waals surface area (Å²) in [4.78, 5) is 0. The van der Waals surface area contributed by atoms with Crippen LogP contribution < -0.4 is 0 Å². The van der Waals surface area contributed by atoms with Crippen molar-refractivity contribution in [3.05, 3.63) is 58.1 Å². The van der Waals surface area contributed by atoms with Crippen LogP contribution in [0, 0.1) is 0 Å². The molecule has 0 bridgehead atoms. The lowest BCUT2D eigenvalue weighted by Crippen LogP contribution is -2.48. The standard InChI is InChI=1S/C32H47Br/c1-5-7-9-11-13-17-23-32(24-18-14-12-10-8-6-2)29-20-16-15-19-27(29)28-22-21-26(33)25-30(28)31(32,3)4/h15-16,19-22,25H,5-14,17-18,23-24H2,1-4H3. The molecule has 0 fully saturated rings. The summed E-state index contributed by atoms with van der Waals surface area (Å²) < 4.78 is 1.21. The van der Waals surface area contributed by atoms with E-state index in [1.807, 2.05) is 0 Å². The van der Waals surface area contributed by atoms with Gasteiger partial charge >= 0.3 is 0 Å². The third-order valence-corrected chi connectivity index (χ3v) is 8.99. The quantitative estimate of drug-likeness (QED) is 0.221. The minimum atomic E-state index is 0.118. The molecule has 2 aromatic carbocycles. The maximum atomic E-state index is 3.80. The lowest BCUT2D eigenvalue weighted by atomic mass is 9.50. The zero-order valence-corrected chi connectivity index (χ0v) is 23.4. The number of fused-ring (bicyclic) bond motifs is 3. The summed E-state index contributed by atoms with van der Waals surface area (Å²) in [5.41, 5.74) is 6.41. The van der Waals surface area contributed by atoms with Gasteiger partial charge in [-0.15, -0.1) is 0 Å². The molecular weight excluding hydrogens is 464 g/mol. The fourth-order valence-electron chi connectivity index (χ4n) is 6.43. The first-order valence-corrected chi connectivity index (χ1v) is 14.7. The highest BCUT2D eigenvalue weighted by molar-refractivity contribution is 9.10. The predicted molar refractivity (Wildman–Crippen MR) is 150 cm³/mol. The van der Waals surface area contributed by atoms with Crippen molar-refractivity contribution in [2.45, 2.75) is 128 Å². The van der Waals surface area contributed by atoms with Gasteiger partial charge < -0.3 is 0 Å². The average molecular weight is 512 g/mol. The Morgan fingerprint density at radius 3 is 1.73 bits per heavy atom. The zero-order valence-electron chi connectivity index (χ0n) is 21.8. The molecule has 182 valence electrons. The van der Waals surface area contributed by atoms with Crippen molar-refractivity contribution in [3.8, 4) is 11.1 Å². The van der Waals surface area contributed by atoms with Crippen LogP contribution in [0.2, 0.25) is 0 Å². The van der Waals surface area contributed by atoms with Crippen molar-refractivity contribution in [2.24, 2.45) is 0 Å². The molecule has 0 atom stereocenters. The van der Waals surface area contributed by atoms with E-state index in [0.29, 0.717) is 0 Å². The predicted octanol–water partition coefficient (Wildman–Crippen LogP) is 11.1. The minimum Gasteiger partial charge on any atom is -0.0654 e. The molecular formula is C32H47Br. The molecule has 1 aliphatic rings. The van der Waals surface area contributed by atoms with Gasteiger partial charge in [0.25, 0.3) is 0 Å². The second kappa shape index (κ2) is 12.6. The summed E-state index contributed by atoms with van der Waals surface area (Å²) in [7, 11) is 0. The summed E-state index contributed by atoms with van der Waals surface area (Å²) in [6.45, 7) is 9.71. The SMILES string of the molecule is CCCCCCCCC1(CCCCCCCC)c2ccccc2-c2ccc(Br)cc2C1(C)C. The Bertz CT molecular complexity index is 847. The molecule has 0 N–H and O–H groups in total. The Hall–Kier alpha value is -1.08. The van der Waals surface area contributed by atoms with Crippen molar-refractivity contribution < 1.29 is 0 Å². The molecule has 0 amide bonds. The molecule has 0 nitrogen and oxygen atoms in total. The number of unbranched alkanes of at least 4 members (excludes halogenated alkanes) is 10. The van der Waals surface area contributed by atoms with E-state index < -0.39 is 0 Å². The zero-order chi connectivity index (χ0) is 23.7. The van der Waals surface area contributed by atoms with Gasteiger partial charge in [0.15, 0.2) is 0 Å². The topological polar surface area (TPSA) is 0 Å². The molecule has 0 saturated carbocycles. The van der Waals surface area contributed by atoms with Crippen molar-refractivity contribution in [2.75, 3.05) is 0 Å². The van der Waals surface area contributed by atoms with Crippen LogP contribution in [0.3, 0.4) is 0 Å². The van der Waals surface area contributed by atoms with E-state index in [0.717, 1.165) is 0 Å². The Labute approximate surface area is 213 Å². The summed E-state index contributed by atoms with van der Waals surface area (Å²) in [6.07, 6.45) is 19.1. The van der Waals surface area contributed by atoms with Gasteiger partial charge in [0.1, 0.15) is 0 Å². The highest BCUT2D eigenvalue weighted by Crippen LogP contribution is 2.58. The number of hydrogen-bond acceptors (Lipinski definition) is 0. The maximum absolute atomic E-state index is 3.80. The van der Waals surface area contributed by atoms with Crippen LogP contribution >= 0.6 is 15.9 Å². The summed E-state index contributed by atoms with van der Waals surface area (Å²) in [5.74, 6) is 0. The molecule has 3 rings (SSSR count). The molecule has 1 aliphatic carbocycles. The van der Waals surface area contributed by atoms with E-state index >= 15 is 0 Å². The van der Waals surface area contributed by atoms with E-state index in [2.05, 4.69) is 86.1 Å². The average Bonchev–Trinajstić information content (AvgIpc) is 2.81. The Morgan fingerprint density at radius 1 is 0.606 bits per heavy atom. The molecule has 0 radical (unpaired) electrons. The molecule has 0 aromatic heterocycles. The van der Waals surface area contributed by atoms with Crippen molar-refractivity contribution in [1.29, 1.82) is 0 Å². The van der Waals surface area contributed by atoms with E-state index in [1.165, 1.54) is 111 Å². The first kappa shape index (κ1) is 26.5. The number of benzene rings is 2. The smallest absolute Gasteiger partial charge is 0.0178 e. The van der Waals surface area contributed by atoms with Gasteiger partial charge in [0.2, 0.25) is 0 Å². The van der Waals surface area contributed by atoms with Crippen LogP contribution in [0.5, 0.6) is 0 Å². The first-order valence-electron chi connectivity index (χ1n) is 13.9. The van der Waals surface area contributed by atoms with Crippen LogP contribution in [0.15, 0.2) is 46.9 Å². The summed E-state index contributed by atoms with van der Waals surface area (Å²) in [6, 6.07) is 16.4. The van der Waals surface area contributed by atoms with Crippen LogP contribution in [0.1, 0.15) is 129 Å². The van der Waals surface area contributed by atoms with Crippen LogP contribution in [-0.2, 0) is 10.8 Å². The van der Waals surface area contributed by atoms with Crippen molar-refractivity contribution in [1.82, 2.24) is 0 Å². The third-order valence-electron chi connectivity index (χ3n) is 8.50. The van der Waals surface area contributed by atoms with Crippen molar-refractivity contribution >= 4 is 15.9 Å². The van der Waals surface area contributed by atoms with Crippen LogP contribution in [-0.4, -0.2) is 0 Å². The second-order valence-electron chi connectivity index (χ2n) is 11.0. The summed E-state index contributed by atoms with van der Waals surface area (Å²) >= 11 is 3.80. The molecule has 1 heteroatoms. The van der Waals surface area contributed by atoms with Gasteiger partial charge in [-0.05, 0) is 47.2 Å². The Balaban J connectivity index is 1.93. The van der Waals surface area contributed by atoms with E-state index in [1.54, 1.807) is 5.56 Å². The first-order chi connectivity index (χ1) is 16.0. The minimum absolute atomic E-state index is 0.118. The monoisotopic (exact) mass is 510 g/mol. The van der Waals surface area contributed by atoms with Crippen molar-refractivity contribution in [3.63, 3.8) is 0 Å². The summed E-state index contributed by atoms with van der Waals surface area (Å²) in [5, 5.41) is 0. The van der Waals surface area contributed by atoms with Gasteiger partial charge in [0, 0.05) is 15.3 Å².